The van der Waals surface area contributed by atoms with Crippen molar-refractivity contribution in [2.75, 3.05) is 24.8 Å². The maximum absolute atomic E-state index is 12.3. The molecule has 0 radical (unpaired) electrons. The van der Waals surface area contributed by atoms with Gasteiger partial charge in [0.2, 0.25) is 5.91 Å². The third-order valence-corrected chi connectivity index (χ3v) is 5.17. The number of thioether (sulfide) groups is 1. The number of rotatable bonds is 8. The number of benzene rings is 1. The van der Waals surface area contributed by atoms with Gasteiger partial charge in [0.05, 0.1) is 25.5 Å². The first-order chi connectivity index (χ1) is 12.7. The molecule has 1 aromatic carbocycles. The number of amides is 1. The lowest BCUT2D eigenvalue weighted by molar-refractivity contribution is -0.113. The Morgan fingerprint density at radius 1 is 1.46 bits per heavy atom. The number of aryl methyl sites for hydroxylation is 1. The number of aromatic nitrogens is 3. The molecule has 1 N–H and O–H groups in total. The van der Waals surface area contributed by atoms with Gasteiger partial charge in [-0.2, -0.15) is 0 Å². The number of hydrogen-bond donors (Lipinski definition) is 1. The van der Waals surface area contributed by atoms with Gasteiger partial charge >= 0.3 is 0 Å². The molecule has 1 aromatic heterocycles. The van der Waals surface area contributed by atoms with E-state index in [9.17, 15) is 4.79 Å². The molecule has 0 saturated carbocycles. The average Bonchev–Trinajstić information content (AvgIpc) is 3.30. The minimum absolute atomic E-state index is 0.0898. The summed E-state index contributed by atoms with van der Waals surface area (Å²) in [5.41, 5.74) is 0.713. The molecule has 0 aliphatic carbocycles. The quantitative estimate of drug-likeness (QED) is 0.714. The van der Waals surface area contributed by atoms with E-state index in [0.717, 1.165) is 43.4 Å². The van der Waals surface area contributed by atoms with Crippen LogP contribution < -0.4 is 10.1 Å². The molecule has 1 saturated heterocycles. The second kappa shape index (κ2) is 9.05. The van der Waals surface area contributed by atoms with Crippen LogP contribution in [-0.2, 0) is 22.5 Å². The van der Waals surface area contributed by atoms with Crippen molar-refractivity contribution in [2.24, 2.45) is 0 Å². The summed E-state index contributed by atoms with van der Waals surface area (Å²) in [5, 5.41) is 12.1. The molecule has 2 aromatic rings. The highest BCUT2D eigenvalue weighted by Crippen LogP contribution is 2.22. The third-order valence-electron chi connectivity index (χ3n) is 4.21. The largest absolute Gasteiger partial charge is 0.497 e. The Labute approximate surface area is 157 Å². The predicted octanol–water partition coefficient (Wildman–Crippen LogP) is 2.76. The number of methoxy groups -OCH3 is 1. The van der Waals surface area contributed by atoms with Gasteiger partial charge in [-0.1, -0.05) is 24.8 Å². The molecule has 1 aliphatic heterocycles. The Morgan fingerprint density at radius 3 is 3.08 bits per heavy atom. The van der Waals surface area contributed by atoms with Gasteiger partial charge in [-0.3, -0.25) is 4.79 Å². The Balaban J connectivity index is 1.59. The molecule has 140 valence electrons. The molecule has 2 heterocycles. The highest BCUT2D eigenvalue weighted by Gasteiger charge is 2.21. The second-order valence-corrected chi connectivity index (χ2v) is 7.01. The van der Waals surface area contributed by atoms with Crippen LogP contribution in [0.15, 0.2) is 29.4 Å². The molecule has 26 heavy (non-hydrogen) atoms. The summed E-state index contributed by atoms with van der Waals surface area (Å²) < 4.78 is 13.0. The molecule has 1 aliphatic rings. The van der Waals surface area contributed by atoms with Crippen LogP contribution >= 0.6 is 11.8 Å². The summed E-state index contributed by atoms with van der Waals surface area (Å²) in [6.07, 6.45) is 3.17. The van der Waals surface area contributed by atoms with E-state index in [-0.39, 0.29) is 17.8 Å². The van der Waals surface area contributed by atoms with Crippen molar-refractivity contribution in [3.8, 4) is 5.75 Å². The van der Waals surface area contributed by atoms with Gasteiger partial charge in [-0.05, 0) is 25.0 Å². The van der Waals surface area contributed by atoms with Gasteiger partial charge < -0.3 is 19.4 Å². The maximum atomic E-state index is 12.3. The topological polar surface area (TPSA) is 78.3 Å². The van der Waals surface area contributed by atoms with E-state index in [4.69, 9.17) is 9.47 Å². The zero-order valence-corrected chi connectivity index (χ0v) is 15.9. The van der Waals surface area contributed by atoms with Crippen LogP contribution in [-0.4, -0.2) is 46.2 Å². The van der Waals surface area contributed by atoms with Gasteiger partial charge in [0.1, 0.15) is 11.6 Å². The molecular formula is C18H24N4O3S. The standard InChI is InChI=1S/C18H24N4O3S/c1-3-16-20-21-18(22(16)11-15-8-5-9-25-15)26-12-17(23)19-13-6-4-7-14(10-13)24-2/h4,6-7,10,15H,3,5,8-9,11-12H2,1-2H3,(H,19,23). The van der Waals surface area contributed by atoms with Crippen LogP contribution in [0.4, 0.5) is 5.69 Å². The Kier molecular flexibility index (Phi) is 6.51. The molecule has 1 amide bonds. The van der Waals surface area contributed by atoms with Crippen LogP contribution in [0.5, 0.6) is 5.75 Å². The van der Waals surface area contributed by atoms with Crippen molar-refractivity contribution in [1.29, 1.82) is 0 Å². The summed E-state index contributed by atoms with van der Waals surface area (Å²) >= 11 is 1.39. The fourth-order valence-electron chi connectivity index (χ4n) is 2.89. The van der Waals surface area contributed by atoms with Crippen LogP contribution in [0.1, 0.15) is 25.6 Å². The molecule has 7 nitrogen and oxygen atoms in total. The number of hydrogen-bond acceptors (Lipinski definition) is 6. The first-order valence-electron chi connectivity index (χ1n) is 8.80. The van der Waals surface area contributed by atoms with Gasteiger partial charge in [-0.25, -0.2) is 0 Å². The maximum Gasteiger partial charge on any atom is 0.234 e. The molecule has 8 heteroatoms. The minimum Gasteiger partial charge on any atom is -0.497 e. The molecular weight excluding hydrogens is 352 g/mol. The lowest BCUT2D eigenvalue weighted by atomic mass is 10.2. The van der Waals surface area contributed by atoms with E-state index in [1.807, 2.05) is 18.2 Å². The van der Waals surface area contributed by atoms with E-state index in [0.29, 0.717) is 11.4 Å². The molecule has 3 rings (SSSR count). The number of nitrogens with zero attached hydrogens (tertiary/aromatic N) is 3. The van der Waals surface area contributed by atoms with Crippen molar-refractivity contribution < 1.29 is 14.3 Å². The average molecular weight is 376 g/mol. The first-order valence-corrected chi connectivity index (χ1v) is 9.78. The van der Waals surface area contributed by atoms with Crippen molar-refractivity contribution in [3.63, 3.8) is 0 Å². The number of carbonyl (C=O) groups is 1. The number of ether oxygens (including phenoxy) is 2. The zero-order valence-electron chi connectivity index (χ0n) is 15.1. The van der Waals surface area contributed by atoms with E-state index >= 15 is 0 Å². The summed E-state index contributed by atoms with van der Waals surface area (Å²) in [4.78, 5) is 12.3. The zero-order chi connectivity index (χ0) is 18.4. The number of carbonyl (C=O) groups excluding carboxylic acids is 1. The van der Waals surface area contributed by atoms with Gasteiger partial charge in [0.25, 0.3) is 0 Å². The summed E-state index contributed by atoms with van der Waals surface area (Å²) in [6.45, 7) is 3.62. The van der Waals surface area contributed by atoms with Gasteiger partial charge in [0.15, 0.2) is 5.16 Å². The van der Waals surface area contributed by atoms with Gasteiger partial charge in [-0.15, -0.1) is 10.2 Å². The fourth-order valence-corrected chi connectivity index (χ4v) is 3.66. The van der Waals surface area contributed by atoms with Gasteiger partial charge in [0, 0.05) is 24.8 Å². The molecule has 1 unspecified atom stereocenters. The smallest absolute Gasteiger partial charge is 0.234 e. The number of nitrogens with one attached hydrogen (secondary N) is 1. The SMILES string of the molecule is CCc1nnc(SCC(=O)Nc2cccc(OC)c2)n1CC1CCCO1. The molecule has 0 spiro atoms. The van der Waals surface area contributed by atoms with Crippen LogP contribution in [0, 0.1) is 0 Å². The second-order valence-electron chi connectivity index (χ2n) is 6.07. The predicted molar refractivity (Wildman–Crippen MR) is 101 cm³/mol. The number of anilines is 1. The van der Waals surface area contributed by atoms with E-state index < -0.39 is 0 Å². The lowest BCUT2D eigenvalue weighted by Gasteiger charge is -2.14. The van der Waals surface area contributed by atoms with E-state index in [1.54, 1.807) is 13.2 Å². The Morgan fingerprint density at radius 2 is 2.35 bits per heavy atom. The summed E-state index contributed by atoms with van der Waals surface area (Å²) in [6, 6.07) is 7.30. The highest BCUT2D eigenvalue weighted by molar-refractivity contribution is 7.99. The fraction of sp³-hybridized carbons (Fsp3) is 0.500. The lowest BCUT2D eigenvalue weighted by Crippen LogP contribution is -2.19. The first kappa shape index (κ1) is 18.7. The Hall–Kier alpha value is -2.06. The van der Waals surface area contributed by atoms with Crippen LogP contribution in [0.3, 0.4) is 0 Å². The van der Waals surface area contributed by atoms with Crippen molar-refractivity contribution in [1.82, 2.24) is 14.8 Å². The van der Waals surface area contributed by atoms with Crippen molar-refractivity contribution in [2.45, 2.75) is 44.0 Å². The minimum atomic E-state index is -0.0898. The summed E-state index contributed by atoms with van der Waals surface area (Å²) in [7, 11) is 1.60. The van der Waals surface area contributed by atoms with Crippen LogP contribution in [0.25, 0.3) is 0 Å². The van der Waals surface area contributed by atoms with E-state index in [1.165, 1.54) is 11.8 Å². The molecule has 1 atom stereocenters. The van der Waals surface area contributed by atoms with E-state index in [2.05, 4.69) is 27.0 Å². The Bertz CT molecular complexity index is 744. The van der Waals surface area contributed by atoms with Crippen molar-refractivity contribution in [3.05, 3.63) is 30.1 Å². The highest BCUT2D eigenvalue weighted by atomic mass is 32.2. The third kappa shape index (κ3) is 4.76. The van der Waals surface area contributed by atoms with Crippen LogP contribution in [0.2, 0.25) is 0 Å². The van der Waals surface area contributed by atoms with Crippen molar-refractivity contribution >= 4 is 23.4 Å². The monoisotopic (exact) mass is 376 g/mol. The molecule has 0 bridgehead atoms. The summed E-state index contributed by atoms with van der Waals surface area (Å²) in [5.74, 6) is 1.81. The normalized spacial score (nSPS) is 16.6. The molecule has 1 fully saturated rings.